The van der Waals surface area contributed by atoms with Gasteiger partial charge >= 0.3 is 0 Å². The number of benzene rings is 1. The van der Waals surface area contributed by atoms with Gasteiger partial charge in [-0.3, -0.25) is 4.79 Å². The minimum atomic E-state index is 0.0173. The lowest BCUT2D eigenvalue weighted by molar-refractivity contribution is 0.0958. The minimum absolute atomic E-state index is 0.0173. The largest absolute Gasteiger partial charge is 0.383 e. The number of hydrogen-bond donors (Lipinski definition) is 2. The predicted octanol–water partition coefficient (Wildman–Crippen LogP) is 1.15. The van der Waals surface area contributed by atoms with E-state index in [9.17, 15) is 4.79 Å². The number of rotatable bonds is 0. The number of amides is 1. The van der Waals surface area contributed by atoms with E-state index in [4.69, 9.17) is 0 Å². The van der Waals surface area contributed by atoms with Crippen molar-refractivity contribution in [1.82, 2.24) is 5.32 Å². The molecule has 0 spiro atoms. The van der Waals surface area contributed by atoms with E-state index in [0.717, 1.165) is 23.4 Å². The fourth-order valence-corrected chi connectivity index (χ4v) is 1.47. The summed E-state index contributed by atoms with van der Waals surface area (Å²) in [4.78, 5) is 11.5. The summed E-state index contributed by atoms with van der Waals surface area (Å²) in [5, 5.41) is 6.03. The molecule has 0 aromatic heterocycles. The van der Waals surface area contributed by atoms with Crippen molar-refractivity contribution in [1.29, 1.82) is 0 Å². The van der Waals surface area contributed by atoms with Crippen LogP contribution in [0.3, 0.4) is 0 Å². The van der Waals surface area contributed by atoms with Gasteiger partial charge < -0.3 is 10.6 Å². The molecule has 3 nitrogen and oxygen atoms in total. The lowest BCUT2D eigenvalue weighted by Crippen LogP contribution is -2.24. The van der Waals surface area contributed by atoms with Crippen LogP contribution in [0.4, 0.5) is 5.69 Å². The molecule has 1 heterocycles. The molecule has 68 valence electrons. The number of aryl methyl sites for hydroxylation is 1. The van der Waals surface area contributed by atoms with Crippen LogP contribution in [0.1, 0.15) is 15.9 Å². The normalized spacial score (nSPS) is 15.3. The molecule has 0 atom stereocenters. The first-order chi connectivity index (χ1) is 6.27. The first-order valence-electron chi connectivity index (χ1n) is 4.40. The molecule has 0 fully saturated rings. The highest BCUT2D eigenvalue weighted by Crippen LogP contribution is 2.18. The summed E-state index contributed by atoms with van der Waals surface area (Å²) < 4.78 is 0. The van der Waals surface area contributed by atoms with Crippen LogP contribution in [-0.2, 0) is 0 Å². The molecule has 2 N–H and O–H groups in total. The van der Waals surface area contributed by atoms with Gasteiger partial charge in [-0.15, -0.1) is 0 Å². The number of hydrogen-bond acceptors (Lipinski definition) is 2. The molecular formula is C10H12N2O. The first-order valence-corrected chi connectivity index (χ1v) is 4.40. The van der Waals surface area contributed by atoms with E-state index in [1.165, 1.54) is 0 Å². The van der Waals surface area contributed by atoms with Crippen molar-refractivity contribution < 1.29 is 4.79 Å². The average Bonchev–Trinajstić information content (AvgIpc) is 2.29. The molecule has 0 radical (unpaired) electrons. The third-order valence-corrected chi connectivity index (χ3v) is 2.15. The van der Waals surface area contributed by atoms with Crippen LogP contribution in [0, 0.1) is 6.92 Å². The molecule has 1 aliphatic heterocycles. The van der Waals surface area contributed by atoms with Gasteiger partial charge in [0.2, 0.25) is 0 Å². The zero-order valence-electron chi connectivity index (χ0n) is 7.55. The van der Waals surface area contributed by atoms with E-state index in [2.05, 4.69) is 10.6 Å². The van der Waals surface area contributed by atoms with Gasteiger partial charge in [-0.25, -0.2) is 0 Å². The lowest BCUT2D eigenvalue weighted by atomic mass is 10.1. The van der Waals surface area contributed by atoms with Crippen molar-refractivity contribution in [3.63, 3.8) is 0 Å². The third kappa shape index (κ3) is 1.49. The molecule has 1 aliphatic rings. The summed E-state index contributed by atoms with van der Waals surface area (Å²) in [5.41, 5.74) is 2.79. The summed E-state index contributed by atoms with van der Waals surface area (Å²) in [7, 11) is 0. The number of fused-ring (bicyclic) bond motifs is 1. The second-order valence-corrected chi connectivity index (χ2v) is 3.23. The van der Waals surface area contributed by atoms with Crippen molar-refractivity contribution in [2.75, 3.05) is 18.4 Å². The standard InChI is InChI=1S/C10H12N2O/c1-7-2-3-9-8(6-7)10(13)12-5-4-11-9/h2-3,6,11H,4-5H2,1H3,(H,12,13). The van der Waals surface area contributed by atoms with Crippen LogP contribution in [-0.4, -0.2) is 19.0 Å². The van der Waals surface area contributed by atoms with E-state index >= 15 is 0 Å². The van der Waals surface area contributed by atoms with Gasteiger partial charge in [0.1, 0.15) is 0 Å². The van der Waals surface area contributed by atoms with Crippen LogP contribution >= 0.6 is 0 Å². The van der Waals surface area contributed by atoms with Crippen LogP contribution in [0.25, 0.3) is 0 Å². The summed E-state index contributed by atoms with van der Waals surface area (Å²) in [6, 6.07) is 5.86. The average molecular weight is 176 g/mol. The molecule has 0 aliphatic carbocycles. The highest BCUT2D eigenvalue weighted by molar-refractivity contribution is 6.00. The number of carbonyl (C=O) groups is 1. The Balaban J connectivity index is 2.49. The van der Waals surface area contributed by atoms with Crippen molar-refractivity contribution >= 4 is 11.6 Å². The van der Waals surface area contributed by atoms with Gasteiger partial charge in [0.15, 0.2) is 0 Å². The Morgan fingerprint density at radius 3 is 2.85 bits per heavy atom. The van der Waals surface area contributed by atoms with Gasteiger partial charge in [0.05, 0.1) is 5.56 Å². The molecule has 0 bridgehead atoms. The summed E-state index contributed by atoms with van der Waals surface area (Å²) >= 11 is 0. The highest BCUT2D eigenvalue weighted by Gasteiger charge is 2.13. The predicted molar refractivity (Wildman–Crippen MR) is 52.0 cm³/mol. The minimum Gasteiger partial charge on any atom is -0.383 e. The van der Waals surface area contributed by atoms with Crippen LogP contribution in [0.2, 0.25) is 0 Å². The highest BCUT2D eigenvalue weighted by atomic mass is 16.1. The maximum Gasteiger partial charge on any atom is 0.253 e. The first kappa shape index (κ1) is 8.10. The fourth-order valence-electron chi connectivity index (χ4n) is 1.47. The van der Waals surface area contributed by atoms with Gasteiger partial charge in [0, 0.05) is 18.8 Å². The lowest BCUT2D eigenvalue weighted by Gasteiger charge is -2.05. The summed E-state index contributed by atoms with van der Waals surface area (Å²) in [6.45, 7) is 3.47. The van der Waals surface area contributed by atoms with E-state index < -0.39 is 0 Å². The topological polar surface area (TPSA) is 41.1 Å². The van der Waals surface area contributed by atoms with Crippen molar-refractivity contribution in [2.45, 2.75) is 6.92 Å². The SMILES string of the molecule is Cc1ccc2c(c1)C(=O)NCCN2. The quantitative estimate of drug-likeness (QED) is 0.622. The number of carbonyl (C=O) groups excluding carboxylic acids is 1. The van der Waals surface area contributed by atoms with Gasteiger partial charge in [-0.05, 0) is 19.1 Å². The number of nitrogens with one attached hydrogen (secondary N) is 2. The van der Waals surface area contributed by atoms with E-state index in [1.807, 2.05) is 25.1 Å². The second kappa shape index (κ2) is 3.09. The molecule has 0 saturated heterocycles. The molecule has 0 unspecified atom stereocenters. The van der Waals surface area contributed by atoms with Crippen molar-refractivity contribution in [2.24, 2.45) is 0 Å². The fraction of sp³-hybridized carbons (Fsp3) is 0.300. The molecule has 1 aromatic rings. The van der Waals surface area contributed by atoms with E-state index in [-0.39, 0.29) is 5.91 Å². The molecule has 1 amide bonds. The Hall–Kier alpha value is -1.51. The Kier molecular flexibility index (Phi) is 1.93. The van der Waals surface area contributed by atoms with E-state index in [1.54, 1.807) is 0 Å². The molecular weight excluding hydrogens is 164 g/mol. The summed E-state index contributed by atoms with van der Waals surface area (Å²) in [6.07, 6.45) is 0. The second-order valence-electron chi connectivity index (χ2n) is 3.23. The van der Waals surface area contributed by atoms with Gasteiger partial charge in [-0.2, -0.15) is 0 Å². The summed E-state index contributed by atoms with van der Waals surface area (Å²) in [5.74, 6) is 0.0173. The van der Waals surface area contributed by atoms with Crippen LogP contribution in [0.5, 0.6) is 0 Å². The van der Waals surface area contributed by atoms with Gasteiger partial charge in [0.25, 0.3) is 5.91 Å². The Bertz CT molecular complexity index is 347. The molecule has 0 saturated carbocycles. The molecule has 13 heavy (non-hydrogen) atoms. The molecule has 2 rings (SSSR count). The van der Waals surface area contributed by atoms with Gasteiger partial charge in [-0.1, -0.05) is 11.6 Å². The molecule has 1 aromatic carbocycles. The maximum atomic E-state index is 11.5. The van der Waals surface area contributed by atoms with Crippen molar-refractivity contribution in [3.05, 3.63) is 29.3 Å². The van der Waals surface area contributed by atoms with E-state index in [0.29, 0.717) is 6.54 Å². The third-order valence-electron chi connectivity index (χ3n) is 2.15. The maximum absolute atomic E-state index is 11.5. The number of anilines is 1. The zero-order chi connectivity index (χ0) is 9.26. The van der Waals surface area contributed by atoms with Crippen LogP contribution in [0.15, 0.2) is 18.2 Å². The van der Waals surface area contributed by atoms with Crippen LogP contribution < -0.4 is 10.6 Å². The Labute approximate surface area is 77.1 Å². The van der Waals surface area contributed by atoms with Crippen molar-refractivity contribution in [3.8, 4) is 0 Å². The smallest absolute Gasteiger partial charge is 0.253 e. The Morgan fingerprint density at radius 2 is 2.00 bits per heavy atom. The zero-order valence-corrected chi connectivity index (χ0v) is 7.55. The Morgan fingerprint density at radius 1 is 1.23 bits per heavy atom. The monoisotopic (exact) mass is 176 g/mol. The molecule has 3 heteroatoms.